The van der Waals surface area contributed by atoms with Crippen LogP contribution in [0.2, 0.25) is 10.0 Å². The minimum Gasteiger partial charge on any atom is -0.360 e. The van der Waals surface area contributed by atoms with Crippen LogP contribution < -0.4 is 10.2 Å². The fourth-order valence-electron chi connectivity index (χ4n) is 2.01. The molecule has 8 heteroatoms. The number of halogens is 2. The highest BCUT2D eigenvalue weighted by atomic mass is 35.5. The van der Waals surface area contributed by atoms with E-state index in [4.69, 9.17) is 27.7 Å². The van der Waals surface area contributed by atoms with Crippen molar-refractivity contribution in [3.63, 3.8) is 0 Å². The van der Waals surface area contributed by atoms with Gasteiger partial charge in [-0.3, -0.25) is 9.59 Å². The van der Waals surface area contributed by atoms with Crippen molar-refractivity contribution in [3.8, 4) is 0 Å². The van der Waals surface area contributed by atoms with Crippen LogP contribution in [0, 0.1) is 6.92 Å². The van der Waals surface area contributed by atoms with Crippen LogP contribution in [0.4, 0.5) is 11.5 Å². The van der Waals surface area contributed by atoms with Gasteiger partial charge in [-0.1, -0.05) is 28.4 Å². The molecule has 2 amide bonds. The van der Waals surface area contributed by atoms with Crippen LogP contribution in [-0.4, -0.2) is 23.5 Å². The van der Waals surface area contributed by atoms with Gasteiger partial charge in [0.1, 0.15) is 5.76 Å². The summed E-state index contributed by atoms with van der Waals surface area (Å²) in [7, 11) is 0. The molecular formula is C15H15Cl2N3O3. The van der Waals surface area contributed by atoms with Gasteiger partial charge in [0.25, 0.3) is 0 Å². The number of aromatic nitrogens is 1. The van der Waals surface area contributed by atoms with Gasteiger partial charge in [0.15, 0.2) is 5.82 Å². The highest BCUT2D eigenvalue weighted by Gasteiger charge is 2.15. The molecule has 0 spiro atoms. The van der Waals surface area contributed by atoms with E-state index in [1.807, 2.05) is 0 Å². The average molecular weight is 356 g/mol. The molecule has 0 atom stereocenters. The molecule has 0 fully saturated rings. The van der Waals surface area contributed by atoms with Gasteiger partial charge in [0.2, 0.25) is 11.8 Å². The van der Waals surface area contributed by atoms with Crippen LogP contribution in [-0.2, 0) is 9.59 Å². The van der Waals surface area contributed by atoms with Crippen molar-refractivity contribution in [2.45, 2.75) is 20.3 Å². The predicted molar refractivity (Wildman–Crippen MR) is 89.0 cm³/mol. The van der Waals surface area contributed by atoms with Crippen molar-refractivity contribution in [1.82, 2.24) is 5.16 Å². The number of aryl methyl sites for hydroxylation is 1. The van der Waals surface area contributed by atoms with Crippen LogP contribution in [0.25, 0.3) is 0 Å². The Morgan fingerprint density at radius 2 is 1.87 bits per heavy atom. The lowest BCUT2D eigenvalue weighted by molar-refractivity contribution is -0.117. The van der Waals surface area contributed by atoms with Crippen LogP contribution in [0.15, 0.2) is 28.8 Å². The second-order valence-electron chi connectivity index (χ2n) is 4.92. The average Bonchev–Trinajstić information content (AvgIpc) is 2.82. The Balaban J connectivity index is 2.02. The zero-order valence-electron chi connectivity index (χ0n) is 12.6. The zero-order valence-corrected chi connectivity index (χ0v) is 14.1. The summed E-state index contributed by atoms with van der Waals surface area (Å²) in [5, 5.41) is 7.11. The number of hydrogen-bond donors (Lipinski definition) is 1. The molecule has 6 nitrogen and oxygen atoms in total. The maximum atomic E-state index is 11.9. The molecule has 0 saturated carbocycles. The quantitative estimate of drug-likeness (QED) is 0.887. The molecule has 122 valence electrons. The third-order valence-corrected chi connectivity index (χ3v) is 3.43. The fourth-order valence-corrected chi connectivity index (χ4v) is 2.52. The molecule has 0 saturated heterocycles. The Morgan fingerprint density at radius 3 is 2.39 bits per heavy atom. The minimum atomic E-state index is -0.280. The van der Waals surface area contributed by atoms with E-state index in [2.05, 4.69) is 10.5 Å². The maximum Gasteiger partial charge on any atom is 0.227 e. The van der Waals surface area contributed by atoms with E-state index in [0.29, 0.717) is 27.3 Å². The normalized spacial score (nSPS) is 10.4. The van der Waals surface area contributed by atoms with Crippen LogP contribution in [0.3, 0.4) is 0 Å². The number of benzene rings is 1. The lowest BCUT2D eigenvalue weighted by atomic mass is 10.2. The summed E-state index contributed by atoms with van der Waals surface area (Å²) in [5.41, 5.74) is 0.542. The van der Waals surface area contributed by atoms with E-state index < -0.39 is 0 Å². The third-order valence-electron chi connectivity index (χ3n) is 3.00. The summed E-state index contributed by atoms with van der Waals surface area (Å²) in [6, 6.07) is 6.42. The molecule has 0 radical (unpaired) electrons. The van der Waals surface area contributed by atoms with Crippen molar-refractivity contribution in [2.75, 3.05) is 16.8 Å². The van der Waals surface area contributed by atoms with Crippen molar-refractivity contribution < 1.29 is 14.1 Å². The standard InChI is InChI=1S/C15H15Cl2N3O3/c1-9-5-14(19-23-9)18-15(22)3-4-20(10(2)21)13-7-11(16)6-12(17)8-13/h5-8H,3-4H2,1-2H3,(H,18,19,22). The summed E-state index contributed by atoms with van der Waals surface area (Å²) >= 11 is 11.9. The zero-order chi connectivity index (χ0) is 17.0. The van der Waals surface area contributed by atoms with E-state index in [0.717, 1.165) is 0 Å². The number of nitrogens with zero attached hydrogens (tertiary/aromatic N) is 2. The molecule has 2 rings (SSSR count). The SMILES string of the molecule is CC(=O)N(CCC(=O)Nc1cc(C)on1)c1cc(Cl)cc(Cl)c1. The molecule has 1 N–H and O–H groups in total. The summed E-state index contributed by atoms with van der Waals surface area (Å²) < 4.78 is 4.87. The van der Waals surface area contributed by atoms with E-state index in [-0.39, 0.29) is 24.8 Å². The van der Waals surface area contributed by atoms with Gasteiger partial charge < -0.3 is 14.7 Å². The topological polar surface area (TPSA) is 75.4 Å². The van der Waals surface area contributed by atoms with Crippen LogP contribution in [0.5, 0.6) is 0 Å². The van der Waals surface area contributed by atoms with Crippen molar-refractivity contribution in [3.05, 3.63) is 40.1 Å². The van der Waals surface area contributed by atoms with E-state index in [1.165, 1.54) is 11.8 Å². The first-order valence-corrected chi connectivity index (χ1v) is 7.58. The Hall–Kier alpha value is -2.05. The molecule has 1 aromatic carbocycles. The number of carbonyl (C=O) groups excluding carboxylic acids is 2. The van der Waals surface area contributed by atoms with Crippen LogP contribution >= 0.6 is 23.2 Å². The van der Waals surface area contributed by atoms with Crippen LogP contribution in [0.1, 0.15) is 19.1 Å². The van der Waals surface area contributed by atoms with E-state index in [9.17, 15) is 9.59 Å². The van der Waals surface area contributed by atoms with Crippen molar-refractivity contribution in [2.24, 2.45) is 0 Å². The Labute approximate surface area is 143 Å². The second kappa shape index (κ2) is 7.48. The number of hydrogen-bond acceptors (Lipinski definition) is 4. The molecule has 1 heterocycles. The Bertz CT molecular complexity index is 710. The second-order valence-corrected chi connectivity index (χ2v) is 5.79. The first-order valence-electron chi connectivity index (χ1n) is 6.82. The summed E-state index contributed by atoms with van der Waals surface area (Å²) in [5.74, 6) is 0.443. The highest BCUT2D eigenvalue weighted by Crippen LogP contribution is 2.25. The van der Waals surface area contributed by atoms with E-state index >= 15 is 0 Å². The van der Waals surface area contributed by atoms with Gasteiger partial charge in [-0.25, -0.2) is 0 Å². The molecule has 0 aliphatic carbocycles. The van der Waals surface area contributed by atoms with Gasteiger partial charge in [-0.2, -0.15) is 0 Å². The first-order chi connectivity index (χ1) is 10.8. The lowest BCUT2D eigenvalue weighted by Crippen LogP contribution is -2.32. The Morgan fingerprint density at radius 1 is 1.22 bits per heavy atom. The predicted octanol–water partition coefficient (Wildman–Crippen LogP) is 3.67. The molecule has 1 aromatic heterocycles. The molecular weight excluding hydrogens is 341 g/mol. The smallest absolute Gasteiger partial charge is 0.227 e. The Kier molecular flexibility index (Phi) is 5.63. The molecule has 0 bridgehead atoms. The lowest BCUT2D eigenvalue weighted by Gasteiger charge is -2.21. The summed E-state index contributed by atoms with van der Waals surface area (Å²) in [6.07, 6.45) is 0.0929. The fraction of sp³-hybridized carbons (Fsp3) is 0.267. The summed E-state index contributed by atoms with van der Waals surface area (Å²) in [4.78, 5) is 25.2. The summed E-state index contributed by atoms with van der Waals surface area (Å²) in [6.45, 7) is 3.32. The van der Waals surface area contributed by atoms with E-state index in [1.54, 1.807) is 31.2 Å². The number of anilines is 2. The van der Waals surface area contributed by atoms with Gasteiger partial charge in [0.05, 0.1) is 0 Å². The highest BCUT2D eigenvalue weighted by molar-refractivity contribution is 6.35. The van der Waals surface area contributed by atoms with Gasteiger partial charge >= 0.3 is 0 Å². The minimum absolute atomic E-state index is 0.0929. The van der Waals surface area contributed by atoms with Gasteiger partial charge in [0, 0.05) is 41.7 Å². The first kappa shape index (κ1) is 17.3. The van der Waals surface area contributed by atoms with Crippen molar-refractivity contribution >= 4 is 46.5 Å². The molecule has 23 heavy (non-hydrogen) atoms. The van der Waals surface area contributed by atoms with Gasteiger partial charge in [-0.15, -0.1) is 0 Å². The number of rotatable bonds is 5. The molecule has 0 unspecified atom stereocenters. The number of nitrogens with one attached hydrogen (secondary N) is 1. The monoisotopic (exact) mass is 355 g/mol. The number of carbonyl (C=O) groups is 2. The molecule has 0 aliphatic rings. The maximum absolute atomic E-state index is 11.9. The number of amides is 2. The third kappa shape index (κ3) is 4.97. The molecule has 0 aliphatic heterocycles. The molecule has 2 aromatic rings. The van der Waals surface area contributed by atoms with Crippen molar-refractivity contribution in [1.29, 1.82) is 0 Å². The van der Waals surface area contributed by atoms with Gasteiger partial charge in [-0.05, 0) is 25.1 Å². The largest absolute Gasteiger partial charge is 0.360 e.